The van der Waals surface area contributed by atoms with Crippen LogP contribution in [0.3, 0.4) is 0 Å². The van der Waals surface area contributed by atoms with Crippen LogP contribution >= 0.6 is 0 Å². The van der Waals surface area contributed by atoms with Crippen molar-refractivity contribution in [3.05, 3.63) is 0 Å². The molecule has 9 heavy (non-hydrogen) atoms. The first-order chi connectivity index (χ1) is 3.98. The van der Waals surface area contributed by atoms with E-state index < -0.39 is 0 Å². The molecule has 0 unspecified atom stereocenters. The molecule has 0 bridgehead atoms. The van der Waals surface area contributed by atoms with E-state index in [4.69, 9.17) is 5.73 Å². The monoisotopic (exact) mass is 129 g/mol. The van der Waals surface area contributed by atoms with Crippen LogP contribution in [0.4, 0.5) is 0 Å². The van der Waals surface area contributed by atoms with Gasteiger partial charge >= 0.3 is 0 Å². The summed E-state index contributed by atoms with van der Waals surface area (Å²) in [5, 5.41) is 0. The average Bonchev–Trinajstić information content (AvgIpc) is 1.63. The van der Waals surface area contributed by atoms with E-state index in [-0.39, 0.29) is 11.3 Å². The third-order valence-electron chi connectivity index (χ3n) is 1.61. The zero-order valence-electron chi connectivity index (χ0n) is 6.40. The maximum Gasteiger partial charge on any atom is 0.217 e. The molecule has 0 aromatic carbocycles. The SMILES string of the molecule is CCC(C)(C)CC(N)=O. The van der Waals surface area contributed by atoms with Gasteiger partial charge in [0, 0.05) is 6.42 Å². The number of hydrogen-bond acceptors (Lipinski definition) is 1. The van der Waals surface area contributed by atoms with Gasteiger partial charge in [-0.25, -0.2) is 0 Å². The summed E-state index contributed by atoms with van der Waals surface area (Å²) < 4.78 is 0. The van der Waals surface area contributed by atoms with Crippen molar-refractivity contribution in [3.63, 3.8) is 0 Å². The van der Waals surface area contributed by atoms with Crippen molar-refractivity contribution >= 4 is 5.91 Å². The lowest BCUT2D eigenvalue weighted by atomic mass is 9.86. The summed E-state index contributed by atoms with van der Waals surface area (Å²) in [6.45, 7) is 6.14. The van der Waals surface area contributed by atoms with Crippen molar-refractivity contribution in [3.8, 4) is 0 Å². The molecule has 0 atom stereocenters. The molecule has 0 aliphatic carbocycles. The molecule has 0 fully saturated rings. The molecule has 0 aromatic heterocycles. The fourth-order valence-electron chi connectivity index (χ4n) is 0.597. The van der Waals surface area contributed by atoms with E-state index in [2.05, 4.69) is 6.92 Å². The van der Waals surface area contributed by atoms with E-state index >= 15 is 0 Å². The molecule has 0 aliphatic rings. The van der Waals surface area contributed by atoms with Gasteiger partial charge in [-0.05, 0) is 5.41 Å². The second-order valence-corrected chi connectivity index (χ2v) is 3.16. The maximum absolute atomic E-state index is 10.4. The molecule has 2 N–H and O–H groups in total. The van der Waals surface area contributed by atoms with E-state index in [0.29, 0.717) is 6.42 Å². The molecule has 2 nitrogen and oxygen atoms in total. The summed E-state index contributed by atoms with van der Waals surface area (Å²) in [7, 11) is 0. The molecule has 0 heterocycles. The topological polar surface area (TPSA) is 43.1 Å². The van der Waals surface area contributed by atoms with Gasteiger partial charge in [0.15, 0.2) is 0 Å². The van der Waals surface area contributed by atoms with Crippen molar-refractivity contribution in [2.24, 2.45) is 11.1 Å². The van der Waals surface area contributed by atoms with Crippen LogP contribution in [-0.4, -0.2) is 5.91 Å². The van der Waals surface area contributed by atoms with Gasteiger partial charge in [0.1, 0.15) is 0 Å². The van der Waals surface area contributed by atoms with Crippen LogP contribution in [0.1, 0.15) is 33.6 Å². The van der Waals surface area contributed by atoms with Crippen LogP contribution in [0.5, 0.6) is 0 Å². The second-order valence-electron chi connectivity index (χ2n) is 3.16. The summed E-state index contributed by atoms with van der Waals surface area (Å²) in [5.74, 6) is -0.207. The third-order valence-corrected chi connectivity index (χ3v) is 1.61. The highest BCUT2D eigenvalue weighted by Crippen LogP contribution is 2.23. The molecule has 0 saturated heterocycles. The van der Waals surface area contributed by atoms with E-state index in [1.807, 2.05) is 13.8 Å². The number of hydrogen-bond donors (Lipinski definition) is 1. The minimum atomic E-state index is -0.207. The number of carbonyl (C=O) groups excluding carboxylic acids is 1. The minimum Gasteiger partial charge on any atom is -0.370 e. The van der Waals surface area contributed by atoms with Gasteiger partial charge in [0.2, 0.25) is 5.91 Å². The van der Waals surface area contributed by atoms with Crippen molar-refractivity contribution in [2.75, 3.05) is 0 Å². The second kappa shape index (κ2) is 2.85. The fourth-order valence-corrected chi connectivity index (χ4v) is 0.597. The Hall–Kier alpha value is -0.530. The highest BCUT2D eigenvalue weighted by atomic mass is 16.1. The highest BCUT2D eigenvalue weighted by molar-refractivity contribution is 5.74. The number of primary amides is 1. The smallest absolute Gasteiger partial charge is 0.217 e. The van der Waals surface area contributed by atoms with Crippen LogP contribution in [-0.2, 0) is 4.79 Å². The van der Waals surface area contributed by atoms with E-state index in [1.165, 1.54) is 0 Å². The van der Waals surface area contributed by atoms with Crippen molar-refractivity contribution in [1.82, 2.24) is 0 Å². The highest BCUT2D eigenvalue weighted by Gasteiger charge is 2.17. The lowest BCUT2D eigenvalue weighted by Gasteiger charge is -2.19. The van der Waals surface area contributed by atoms with Crippen LogP contribution < -0.4 is 5.73 Å². The molecular formula is C7H15NO. The number of carbonyl (C=O) groups is 1. The largest absolute Gasteiger partial charge is 0.370 e. The van der Waals surface area contributed by atoms with E-state index in [0.717, 1.165) is 6.42 Å². The molecule has 2 heteroatoms. The Morgan fingerprint density at radius 2 is 2.00 bits per heavy atom. The maximum atomic E-state index is 10.4. The molecule has 0 radical (unpaired) electrons. The van der Waals surface area contributed by atoms with Gasteiger partial charge in [0.05, 0.1) is 0 Å². The average molecular weight is 129 g/mol. The molecular weight excluding hydrogens is 114 g/mol. The number of amides is 1. The van der Waals surface area contributed by atoms with Crippen molar-refractivity contribution in [2.45, 2.75) is 33.6 Å². The van der Waals surface area contributed by atoms with Crippen LogP contribution in [0.25, 0.3) is 0 Å². The molecule has 1 amide bonds. The molecule has 54 valence electrons. The summed E-state index contributed by atoms with van der Waals surface area (Å²) in [4.78, 5) is 10.4. The van der Waals surface area contributed by atoms with Crippen LogP contribution in [0.15, 0.2) is 0 Å². The number of rotatable bonds is 3. The lowest BCUT2D eigenvalue weighted by Crippen LogP contribution is -2.21. The summed E-state index contributed by atoms with van der Waals surface area (Å²) in [5.41, 5.74) is 5.10. The first kappa shape index (κ1) is 8.47. The summed E-state index contributed by atoms with van der Waals surface area (Å²) >= 11 is 0. The van der Waals surface area contributed by atoms with Gasteiger partial charge in [-0.1, -0.05) is 27.2 Å². The number of nitrogens with two attached hydrogens (primary N) is 1. The standard InChI is InChI=1S/C7H15NO/c1-4-7(2,3)5-6(8)9/h4-5H2,1-3H3,(H2,8,9). The Balaban J connectivity index is 3.71. The Morgan fingerprint density at radius 1 is 1.56 bits per heavy atom. The van der Waals surface area contributed by atoms with E-state index in [9.17, 15) is 4.79 Å². The molecule has 0 spiro atoms. The Morgan fingerprint density at radius 3 is 2.11 bits per heavy atom. The zero-order valence-corrected chi connectivity index (χ0v) is 6.40. The molecule has 0 rings (SSSR count). The first-order valence-corrected chi connectivity index (χ1v) is 3.26. The first-order valence-electron chi connectivity index (χ1n) is 3.26. The Labute approximate surface area is 56.4 Å². The summed E-state index contributed by atoms with van der Waals surface area (Å²) in [6.07, 6.45) is 1.49. The zero-order chi connectivity index (χ0) is 7.49. The van der Waals surface area contributed by atoms with Gasteiger partial charge in [-0.15, -0.1) is 0 Å². The van der Waals surface area contributed by atoms with Gasteiger partial charge < -0.3 is 5.73 Å². The Kier molecular flexibility index (Phi) is 2.68. The van der Waals surface area contributed by atoms with Crippen molar-refractivity contribution in [1.29, 1.82) is 0 Å². The fraction of sp³-hybridized carbons (Fsp3) is 0.857. The normalized spacial score (nSPS) is 11.4. The van der Waals surface area contributed by atoms with Crippen LogP contribution in [0, 0.1) is 5.41 Å². The molecule has 0 aliphatic heterocycles. The van der Waals surface area contributed by atoms with Crippen LogP contribution in [0.2, 0.25) is 0 Å². The molecule has 0 aromatic rings. The minimum absolute atomic E-state index is 0.0891. The van der Waals surface area contributed by atoms with Crippen molar-refractivity contribution < 1.29 is 4.79 Å². The quantitative estimate of drug-likeness (QED) is 0.613. The third kappa shape index (κ3) is 4.01. The van der Waals surface area contributed by atoms with Gasteiger partial charge in [-0.2, -0.15) is 0 Å². The van der Waals surface area contributed by atoms with Gasteiger partial charge in [-0.3, -0.25) is 4.79 Å². The Bertz CT molecular complexity index is 107. The predicted octanol–water partition coefficient (Wildman–Crippen LogP) is 1.30. The van der Waals surface area contributed by atoms with E-state index in [1.54, 1.807) is 0 Å². The predicted molar refractivity (Wildman–Crippen MR) is 37.9 cm³/mol. The lowest BCUT2D eigenvalue weighted by molar-refractivity contribution is -0.119. The molecule has 0 saturated carbocycles. The van der Waals surface area contributed by atoms with Gasteiger partial charge in [0.25, 0.3) is 0 Å². The summed E-state index contributed by atoms with van der Waals surface area (Å²) in [6, 6.07) is 0.